The van der Waals surface area contributed by atoms with Crippen molar-refractivity contribution in [1.29, 1.82) is 0 Å². The lowest BCUT2D eigenvalue weighted by molar-refractivity contribution is 0.111. The minimum Gasteiger partial charge on any atom is -0.361 e. The van der Waals surface area contributed by atoms with Gasteiger partial charge in [-0.3, -0.25) is 14.7 Å². The number of nitrogens with one attached hydrogen (secondary N) is 2. The molecule has 0 saturated carbocycles. The van der Waals surface area contributed by atoms with Crippen molar-refractivity contribution in [2.45, 2.75) is 27.8 Å². The van der Waals surface area contributed by atoms with Gasteiger partial charge in [-0.05, 0) is 77.4 Å². The van der Waals surface area contributed by atoms with Crippen molar-refractivity contribution in [3.05, 3.63) is 199 Å². The third kappa shape index (κ3) is 8.68. The fraction of sp³-hybridized carbons (Fsp3) is 0.0870. The van der Waals surface area contributed by atoms with Crippen LogP contribution in [0.1, 0.15) is 59.9 Å². The molecule has 0 spiro atoms. The van der Waals surface area contributed by atoms with E-state index in [9.17, 15) is 9.59 Å². The molecule has 9 rings (SSSR count). The van der Waals surface area contributed by atoms with Crippen LogP contribution in [0.4, 0.5) is 0 Å². The maximum atomic E-state index is 12.0. The summed E-state index contributed by atoms with van der Waals surface area (Å²) < 4.78 is 4.98. The molecule has 6 aromatic carbocycles. The van der Waals surface area contributed by atoms with Gasteiger partial charge in [-0.25, -0.2) is 4.68 Å². The van der Waals surface area contributed by atoms with Crippen LogP contribution in [-0.4, -0.2) is 37.5 Å². The fourth-order valence-corrected chi connectivity index (χ4v) is 7.58. The Hall–Kier alpha value is -5.42. The maximum Gasteiger partial charge on any atom is 0.170 e. The minimum atomic E-state index is -0.753. The van der Waals surface area contributed by atoms with Gasteiger partial charge >= 0.3 is 0 Å². The zero-order chi connectivity index (χ0) is 36.8. The van der Waals surface area contributed by atoms with Crippen LogP contribution < -0.4 is 0 Å². The first kappa shape index (κ1) is 43.3. The Morgan fingerprint density at radius 3 is 1.64 bits per heavy atom. The van der Waals surface area contributed by atoms with Gasteiger partial charge in [0.1, 0.15) is 16.9 Å². The van der Waals surface area contributed by atoms with Crippen molar-refractivity contribution in [1.82, 2.24) is 25.0 Å². The number of hydrogen-bond donors (Lipinski definition) is 2. The highest BCUT2D eigenvalue weighted by atomic mass is 79.9. The van der Waals surface area contributed by atoms with Crippen LogP contribution in [-0.2, 0) is 5.54 Å². The molecule has 0 saturated heterocycles. The average Bonchev–Trinajstić information content (AvgIpc) is 3.94. The van der Waals surface area contributed by atoms with E-state index in [4.69, 9.17) is 5.10 Å². The molecular formula is C46H42Br3N5O2. The molecule has 0 aliphatic rings. The van der Waals surface area contributed by atoms with Crippen molar-refractivity contribution in [2.24, 2.45) is 0 Å². The van der Waals surface area contributed by atoms with Gasteiger partial charge in [0, 0.05) is 41.3 Å². The highest BCUT2D eigenvalue weighted by molar-refractivity contribution is 9.11. The number of nitrogens with zero attached hydrogens (tertiary/aromatic N) is 3. The van der Waals surface area contributed by atoms with E-state index in [-0.39, 0.29) is 22.3 Å². The van der Waals surface area contributed by atoms with Crippen molar-refractivity contribution in [3.8, 4) is 0 Å². The third-order valence-electron chi connectivity index (χ3n) is 8.85. The van der Waals surface area contributed by atoms with E-state index in [1.165, 1.54) is 10.9 Å². The van der Waals surface area contributed by atoms with E-state index in [2.05, 4.69) is 118 Å². The molecule has 10 heteroatoms. The average molecular weight is 937 g/mol. The van der Waals surface area contributed by atoms with Crippen molar-refractivity contribution in [2.75, 3.05) is 0 Å². The van der Waals surface area contributed by atoms with Gasteiger partial charge in [0.2, 0.25) is 0 Å². The number of benzene rings is 6. The van der Waals surface area contributed by atoms with Gasteiger partial charge in [0.15, 0.2) is 12.6 Å². The van der Waals surface area contributed by atoms with E-state index in [1.807, 2.05) is 108 Å². The summed E-state index contributed by atoms with van der Waals surface area (Å²) >= 11 is 10.3. The van der Waals surface area contributed by atoms with E-state index in [0.717, 1.165) is 64.5 Å². The Bertz CT molecular complexity index is 2560. The molecule has 0 radical (unpaired) electrons. The Morgan fingerprint density at radius 2 is 1.09 bits per heavy atom. The summed E-state index contributed by atoms with van der Waals surface area (Å²) in [7, 11) is 0. The number of carbonyl (C=O) groups excluding carboxylic acids is 2. The van der Waals surface area contributed by atoms with E-state index < -0.39 is 5.54 Å². The summed E-state index contributed by atoms with van der Waals surface area (Å²) in [6.07, 6.45) is 3.54. The topological polar surface area (TPSA) is 96.4 Å². The standard InChI is InChI=1S/C27H19BrN2O.C8H5BrN2O.C8H6BrN.3CH4/c28-23-16-17-26-24(18-23)25(19-31)29-30(26)27(20-10-4-1-5-11-20,21-12-6-2-7-13-21)22-14-8-3-9-15-22;9-5-1-2-7-6(3-5)8(4-12)11-10-7;9-7-1-2-8-6(5-7)3-4-10-8;;;/h1-19H;1-4H,(H,10,11);1-5,10H;3*1H4. The Labute approximate surface area is 352 Å². The SMILES string of the molecule is Brc1ccc2[nH]ccc2c1.C.C.C.O=Cc1[nH]nc2ccc(Br)cc12.O=Cc1nn(C(c2ccccc2)(c2ccccc2)c2ccccc2)c2ccc(Br)cc12. The van der Waals surface area contributed by atoms with Crippen LogP contribution in [0, 0.1) is 0 Å². The third-order valence-corrected chi connectivity index (χ3v) is 10.3. The van der Waals surface area contributed by atoms with Crippen LogP contribution in [0.2, 0.25) is 0 Å². The Balaban J connectivity index is 0.000000228. The molecule has 2 N–H and O–H groups in total. The summed E-state index contributed by atoms with van der Waals surface area (Å²) in [6, 6.07) is 50.8. The normalized spacial score (nSPS) is 10.5. The molecule has 0 atom stereocenters. The highest BCUT2D eigenvalue weighted by Gasteiger charge is 2.40. The molecule has 0 aliphatic heterocycles. The van der Waals surface area contributed by atoms with E-state index >= 15 is 0 Å². The number of aldehydes is 2. The van der Waals surface area contributed by atoms with Crippen molar-refractivity contribution in [3.63, 3.8) is 0 Å². The minimum absolute atomic E-state index is 0. The van der Waals surface area contributed by atoms with E-state index in [1.54, 1.807) is 0 Å². The van der Waals surface area contributed by atoms with Crippen molar-refractivity contribution >= 4 is 93.1 Å². The van der Waals surface area contributed by atoms with Gasteiger partial charge < -0.3 is 4.98 Å². The molecule has 56 heavy (non-hydrogen) atoms. The predicted octanol–water partition coefficient (Wildman–Crippen LogP) is 13.4. The van der Waals surface area contributed by atoms with E-state index in [0.29, 0.717) is 11.4 Å². The molecule has 0 fully saturated rings. The number of rotatable bonds is 6. The summed E-state index contributed by atoms with van der Waals surface area (Å²) in [5.74, 6) is 0. The van der Waals surface area contributed by atoms with Crippen LogP contribution >= 0.6 is 47.8 Å². The first-order valence-corrected chi connectivity index (χ1v) is 18.9. The molecule has 3 heterocycles. The first-order chi connectivity index (χ1) is 25.9. The molecule has 0 amide bonds. The summed E-state index contributed by atoms with van der Waals surface area (Å²) in [4.78, 5) is 25.6. The predicted molar refractivity (Wildman–Crippen MR) is 243 cm³/mol. The largest absolute Gasteiger partial charge is 0.361 e. The number of H-pyrrole nitrogens is 2. The van der Waals surface area contributed by atoms with Gasteiger partial charge in [-0.15, -0.1) is 0 Å². The van der Waals surface area contributed by atoms with Gasteiger partial charge in [0.25, 0.3) is 0 Å². The number of aromatic nitrogens is 5. The van der Waals surface area contributed by atoms with Crippen molar-refractivity contribution < 1.29 is 9.59 Å². The van der Waals surface area contributed by atoms with Crippen LogP contribution in [0.15, 0.2) is 171 Å². The van der Waals surface area contributed by atoms with Crippen LogP contribution in [0.3, 0.4) is 0 Å². The number of halogens is 3. The summed E-state index contributed by atoms with van der Waals surface area (Å²) in [5, 5.41) is 14.4. The molecule has 284 valence electrons. The Kier molecular flexibility index (Phi) is 15.0. The second kappa shape index (κ2) is 19.4. The zero-order valence-corrected chi connectivity index (χ0v) is 32.7. The highest BCUT2D eigenvalue weighted by Crippen LogP contribution is 2.42. The molecule has 0 unspecified atom stereocenters. The number of carbonyl (C=O) groups is 2. The second-order valence-corrected chi connectivity index (χ2v) is 14.8. The summed E-state index contributed by atoms with van der Waals surface area (Å²) in [6.45, 7) is 0. The maximum absolute atomic E-state index is 12.0. The quantitative estimate of drug-likeness (QED) is 0.128. The summed E-state index contributed by atoms with van der Waals surface area (Å²) in [5.41, 5.74) is 6.27. The number of aromatic amines is 2. The van der Waals surface area contributed by atoms with Gasteiger partial charge in [-0.1, -0.05) is 161 Å². The molecule has 7 nitrogen and oxygen atoms in total. The van der Waals surface area contributed by atoms with Crippen LogP contribution in [0.5, 0.6) is 0 Å². The first-order valence-electron chi connectivity index (χ1n) is 16.5. The fourth-order valence-electron chi connectivity index (χ4n) is 6.48. The lowest BCUT2D eigenvalue weighted by Gasteiger charge is -2.37. The monoisotopic (exact) mass is 933 g/mol. The molecule has 3 aromatic heterocycles. The lowest BCUT2D eigenvalue weighted by atomic mass is 9.77. The van der Waals surface area contributed by atoms with Crippen LogP contribution in [0.25, 0.3) is 32.7 Å². The van der Waals surface area contributed by atoms with Gasteiger partial charge in [-0.2, -0.15) is 10.2 Å². The van der Waals surface area contributed by atoms with Gasteiger partial charge in [0.05, 0.1) is 11.0 Å². The number of fused-ring (bicyclic) bond motifs is 3. The molecule has 9 aromatic rings. The second-order valence-electron chi connectivity index (χ2n) is 12.0. The lowest BCUT2D eigenvalue weighted by Crippen LogP contribution is -2.38. The molecular weight excluding hydrogens is 894 g/mol. The Morgan fingerprint density at radius 1 is 0.571 bits per heavy atom. The smallest absolute Gasteiger partial charge is 0.170 e. The zero-order valence-electron chi connectivity index (χ0n) is 28.0. The number of hydrogen-bond acceptors (Lipinski definition) is 4. The molecule has 0 bridgehead atoms. The molecule has 0 aliphatic carbocycles.